The highest BCUT2D eigenvalue weighted by molar-refractivity contribution is 7.80. The van der Waals surface area contributed by atoms with Gasteiger partial charge in [0.05, 0.1) is 5.69 Å². The van der Waals surface area contributed by atoms with E-state index in [2.05, 4.69) is 16.0 Å². The Bertz CT molecular complexity index is 468. The van der Waals surface area contributed by atoms with Gasteiger partial charge in [0, 0.05) is 12.6 Å². The van der Waals surface area contributed by atoms with Crippen LogP contribution >= 0.6 is 12.2 Å². The molecular weight excluding hydrogens is 254 g/mol. The van der Waals surface area contributed by atoms with Crippen molar-refractivity contribution in [3.63, 3.8) is 0 Å². The minimum atomic E-state index is 0.387. The highest BCUT2D eigenvalue weighted by atomic mass is 32.1. The summed E-state index contributed by atoms with van der Waals surface area (Å²) in [6, 6.07) is 6.68. The van der Waals surface area contributed by atoms with Gasteiger partial charge < -0.3 is 10.6 Å². The molecule has 3 rings (SSSR count). The Balaban J connectivity index is 1.83. The number of nitrogens with zero attached hydrogens (tertiary/aromatic N) is 2. The number of aromatic nitrogens is 1. The largest absolute Gasteiger partial charge is 0.388 e. The van der Waals surface area contributed by atoms with Gasteiger partial charge in [0.2, 0.25) is 0 Å². The quantitative estimate of drug-likeness (QED) is 0.861. The van der Waals surface area contributed by atoms with Crippen LogP contribution < -0.4 is 10.6 Å². The molecule has 1 aromatic heterocycles. The zero-order chi connectivity index (χ0) is 13.2. The Morgan fingerprint density at radius 2 is 2.00 bits per heavy atom. The van der Waals surface area contributed by atoms with E-state index in [0.717, 1.165) is 24.0 Å². The van der Waals surface area contributed by atoms with Crippen molar-refractivity contribution in [2.75, 3.05) is 11.4 Å². The fourth-order valence-corrected chi connectivity index (χ4v) is 3.74. The van der Waals surface area contributed by atoms with Crippen molar-refractivity contribution in [3.8, 4) is 0 Å². The summed E-state index contributed by atoms with van der Waals surface area (Å²) in [7, 11) is 0. The topological polar surface area (TPSA) is 42.1 Å². The number of hydrogen-bond acceptors (Lipinski definition) is 3. The Morgan fingerprint density at radius 3 is 2.74 bits per heavy atom. The maximum absolute atomic E-state index is 5.69. The summed E-state index contributed by atoms with van der Waals surface area (Å²) in [6.45, 7) is 1.12. The molecule has 0 spiro atoms. The number of hydrogen-bond donors (Lipinski definition) is 1. The van der Waals surface area contributed by atoms with Gasteiger partial charge in [0.1, 0.15) is 10.8 Å². The standard InChI is InChI=1S/C15H21N3S/c16-15(19)12-7-3-9-14(17-12)18-10-4-8-13(18)11-5-1-2-6-11/h3,7,9,11,13H,1-2,4-6,8,10H2,(H2,16,19). The molecule has 102 valence electrons. The molecule has 1 aliphatic carbocycles. The summed E-state index contributed by atoms with van der Waals surface area (Å²) < 4.78 is 0. The molecule has 2 fully saturated rings. The fourth-order valence-electron chi connectivity index (χ4n) is 3.63. The van der Waals surface area contributed by atoms with E-state index in [1.54, 1.807) is 0 Å². The molecule has 19 heavy (non-hydrogen) atoms. The number of anilines is 1. The van der Waals surface area contributed by atoms with Gasteiger partial charge in [-0.05, 0) is 43.7 Å². The van der Waals surface area contributed by atoms with Crippen LogP contribution in [0.3, 0.4) is 0 Å². The first-order valence-electron chi connectivity index (χ1n) is 7.29. The number of thiocarbonyl (C=S) groups is 1. The second-order valence-electron chi connectivity index (χ2n) is 5.69. The van der Waals surface area contributed by atoms with Crippen LogP contribution in [0.1, 0.15) is 44.2 Å². The summed E-state index contributed by atoms with van der Waals surface area (Å²) >= 11 is 5.03. The average Bonchev–Trinajstić information content (AvgIpc) is 3.09. The molecule has 2 aliphatic rings. The lowest BCUT2D eigenvalue weighted by Crippen LogP contribution is -2.35. The van der Waals surface area contributed by atoms with E-state index in [0.29, 0.717) is 11.0 Å². The lowest BCUT2D eigenvalue weighted by molar-refractivity contribution is 0.429. The predicted molar refractivity (Wildman–Crippen MR) is 82.5 cm³/mol. The summed E-state index contributed by atoms with van der Waals surface area (Å²) in [5, 5.41) is 0. The second kappa shape index (κ2) is 5.45. The van der Waals surface area contributed by atoms with Gasteiger partial charge in [-0.1, -0.05) is 31.1 Å². The molecule has 0 aromatic carbocycles. The van der Waals surface area contributed by atoms with Gasteiger partial charge in [-0.2, -0.15) is 0 Å². The van der Waals surface area contributed by atoms with Crippen molar-refractivity contribution in [1.29, 1.82) is 0 Å². The molecule has 1 aliphatic heterocycles. The first-order valence-corrected chi connectivity index (χ1v) is 7.70. The van der Waals surface area contributed by atoms with Crippen molar-refractivity contribution in [1.82, 2.24) is 4.98 Å². The van der Waals surface area contributed by atoms with Gasteiger partial charge in [-0.15, -0.1) is 0 Å². The summed E-state index contributed by atoms with van der Waals surface area (Å²) in [5.41, 5.74) is 6.43. The van der Waals surface area contributed by atoms with Crippen molar-refractivity contribution in [2.45, 2.75) is 44.6 Å². The maximum Gasteiger partial charge on any atom is 0.129 e. The summed E-state index contributed by atoms with van der Waals surface area (Å²) in [5.74, 6) is 1.91. The second-order valence-corrected chi connectivity index (χ2v) is 6.13. The molecular formula is C15H21N3S. The molecule has 3 nitrogen and oxygen atoms in total. The monoisotopic (exact) mass is 275 g/mol. The lowest BCUT2D eigenvalue weighted by Gasteiger charge is -2.30. The van der Waals surface area contributed by atoms with Crippen LogP contribution in [-0.2, 0) is 0 Å². The van der Waals surface area contributed by atoms with E-state index in [4.69, 9.17) is 18.0 Å². The van der Waals surface area contributed by atoms with E-state index >= 15 is 0 Å². The Kier molecular flexibility index (Phi) is 3.69. The van der Waals surface area contributed by atoms with Crippen LogP contribution in [0, 0.1) is 5.92 Å². The number of pyridine rings is 1. The fraction of sp³-hybridized carbons (Fsp3) is 0.600. The minimum Gasteiger partial charge on any atom is -0.388 e. The Hall–Kier alpha value is -1.16. The van der Waals surface area contributed by atoms with Crippen molar-refractivity contribution >= 4 is 23.0 Å². The first-order chi connectivity index (χ1) is 9.25. The zero-order valence-corrected chi connectivity index (χ0v) is 12.0. The first kappa shape index (κ1) is 12.9. The Morgan fingerprint density at radius 1 is 1.21 bits per heavy atom. The molecule has 0 amide bonds. The van der Waals surface area contributed by atoms with E-state index < -0.39 is 0 Å². The molecule has 1 aromatic rings. The SMILES string of the molecule is NC(=S)c1cccc(N2CCCC2C2CCCC2)n1. The molecule has 1 saturated carbocycles. The highest BCUT2D eigenvalue weighted by Crippen LogP contribution is 2.37. The molecule has 1 atom stereocenters. The smallest absolute Gasteiger partial charge is 0.129 e. The van der Waals surface area contributed by atoms with Crippen LogP contribution in [0.4, 0.5) is 5.82 Å². The third-order valence-electron chi connectivity index (χ3n) is 4.52. The predicted octanol–water partition coefficient (Wildman–Crippen LogP) is 2.87. The maximum atomic E-state index is 5.69. The summed E-state index contributed by atoms with van der Waals surface area (Å²) in [4.78, 5) is 7.51. The highest BCUT2D eigenvalue weighted by Gasteiger charge is 2.33. The molecule has 1 saturated heterocycles. The minimum absolute atomic E-state index is 0.387. The molecule has 1 unspecified atom stereocenters. The third kappa shape index (κ3) is 2.59. The lowest BCUT2D eigenvalue weighted by atomic mass is 9.96. The van der Waals surface area contributed by atoms with Crippen molar-refractivity contribution < 1.29 is 0 Å². The van der Waals surface area contributed by atoms with Gasteiger partial charge in [0.25, 0.3) is 0 Å². The normalized spacial score (nSPS) is 24.0. The van der Waals surface area contributed by atoms with E-state index in [-0.39, 0.29) is 0 Å². The number of rotatable bonds is 3. The van der Waals surface area contributed by atoms with Gasteiger partial charge in [-0.3, -0.25) is 0 Å². The van der Waals surface area contributed by atoms with Gasteiger partial charge in [0.15, 0.2) is 0 Å². The van der Waals surface area contributed by atoms with Crippen LogP contribution in [-0.4, -0.2) is 22.6 Å². The molecule has 4 heteroatoms. The Labute approximate surface area is 120 Å². The van der Waals surface area contributed by atoms with E-state index in [1.165, 1.54) is 38.5 Å². The molecule has 2 N–H and O–H groups in total. The molecule has 0 bridgehead atoms. The third-order valence-corrected chi connectivity index (χ3v) is 4.73. The zero-order valence-electron chi connectivity index (χ0n) is 11.2. The van der Waals surface area contributed by atoms with E-state index in [1.807, 2.05) is 12.1 Å². The van der Waals surface area contributed by atoms with Crippen LogP contribution in [0.5, 0.6) is 0 Å². The van der Waals surface area contributed by atoms with Crippen LogP contribution in [0.2, 0.25) is 0 Å². The van der Waals surface area contributed by atoms with Crippen molar-refractivity contribution in [3.05, 3.63) is 23.9 Å². The van der Waals surface area contributed by atoms with E-state index in [9.17, 15) is 0 Å². The van der Waals surface area contributed by atoms with Crippen molar-refractivity contribution in [2.24, 2.45) is 11.7 Å². The van der Waals surface area contributed by atoms with Crippen LogP contribution in [0.25, 0.3) is 0 Å². The van der Waals surface area contributed by atoms with Crippen LogP contribution in [0.15, 0.2) is 18.2 Å². The van der Waals surface area contributed by atoms with Gasteiger partial charge in [-0.25, -0.2) is 4.98 Å². The summed E-state index contributed by atoms with van der Waals surface area (Å²) in [6.07, 6.45) is 8.15. The van der Waals surface area contributed by atoms with Gasteiger partial charge >= 0.3 is 0 Å². The number of nitrogens with two attached hydrogens (primary N) is 1. The average molecular weight is 275 g/mol. The molecule has 0 radical (unpaired) electrons. The molecule has 2 heterocycles.